The Labute approximate surface area is 200 Å². The van der Waals surface area contributed by atoms with Crippen molar-refractivity contribution in [3.8, 4) is 11.3 Å². The van der Waals surface area contributed by atoms with Gasteiger partial charge in [0.25, 0.3) is 11.6 Å². The Hall–Kier alpha value is -4.37. The highest BCUT2D eigenvalue weighted by molar-refractivity contribution is 7.20. The zero-order chi connectivity index (χ0) is 24.1. The van der Waals surface area contributed by atoms with Crippen LogP contribution in [0.2, 0.25) is 0 Å². The first-order chi connectivity index (χ1) is 16.4. The van der Waals surface area contributed by atoms with Crippen LogP contribution in [0, 0.1) is 24.0 Å². The van der Waals surface area contributed by atoms with Crippen LogP contribution in [0.4, 0.5) is 15.8 Å². The predicted molar refractivity (Wildman–Crippen MR) is 136 cm³/mol. The maximum Gasteiger partial charge on any atom is 0.270 e. The molecule has 1 aromatic heterocycles. The summed E-state index contributed by atoms with van der Waals surface area (Å²) >= 11 is 1.25. The molecule has 0 saturated carbocycles. The SMILES string of the molecule is Cc1ccc(C(=O)Nc2sc(NN=Cc3cccc([N+](=O)[O-])c3)nc2-c2ccc(C)cc2)cc1. The molecular formula is C25H21N5O3S. The van der Waals surface area contributed by atoms with E-state index in [0.717, 1.165) is 16.7 Å². The molecule has 0 spiro atoms. The van der Waals surface area contributed by atoms with Gasteiger partial charge in [-0.2, -0.15) is 5.10 Å². The number of thiazole rings is 1. The smallest absolute Gasteiger partial charge is 0.270 e. The zero-order valence-electron chi connectivity index (χ0n) is 18.5. The number of anilines is 2. The van der Waals surface area contributed by atoms with Crippen LogP contribution in [0.3, 0.4) is 0 Å². The first-order valence-corrected chi connectivity index (χ1v) is 11.2. The number of rotatable bonds is 7. The highest BCUT2D eigenvalue weighted by atomic mass is 32.1. The third-order valence-electron chi connectivity index (χ3n) is 4.95. The number of nitrogens with zero attached hydrogens (tertiary/aromatic N) is 3. The molecule has 34 heavy (non-hydrogen) atoms. The number of benzene rings is 3. The van der Waals surface area contributed by atoms with Gasteiger partial charge in [0.05, 0.1) is 11.1 Å². The van der Waals surface area contributed by atoms with E-state index in [-0.39, 0.29) is 11.6 Å². The minimum Gasteiger partial charge on any atom is -0.312 e. The van der Waals surface area contributed by atoms with Crippen molar-refractivity contribution in [3.05, 3.63) is 105 Å². The van der Waals surface area contributed by atoms with Gasteiger partial charge in [0.2, 0.25) is 5.13 Å². The Kier molecular flexibility index (Phi) is 6.74. The molecule has 0 aliphatic heterocycles. The standard InChI is InChI=1S/C25H21N5O3S/c1-16-6-10-19(11-7-16)22-24(28-23(31)20-12-8-17(2)9-13-20)34-25(27-22)29-26-15-18-4-3-5-21(14-18)30(32)33/h3-15H,1-2H3,(H,27,29)(H,28,31). The lowest BCUT2D eigenvalue weighted by atomic mass is 10.1. The van der Waals surface area contributed by atoms with Gasteiger partial charge in [0.15, 0.2) is 0 Å². The van der Waals surface area contributed by atoms with E-state index in [2.05, 4.69) is 20.8 Å². The van der Waals surface area contributed by atoms with Crippen LogP contribution in [0.25, 0.3) is 11.3 Å². The molecule has 9 heteroatoms. The van der Waals surface area contributed by atoms with Crippen LogP contribution in [0.5, 0.6) is 0 Å². The highest BCUT2D eigenvalue weighted by Crippen LogP contribution is 2.36. The fourth-order valence-corrected chi connectivity index (χ4v) is 3.95. The summed E-state index contributed by atoms with van der Waals surface area (Å²) in [6, 6.07) is 21.3. The summed E-state index contributed by atoms with van der Waals surface area (Å²) < 4.78 is 0. The van der Waals surface area contributed by atoms with Gasteiger partial charge in [0.1, 0.15) is 10.7 Å². The van der Waals surface area contributed by atoms with Crippen molar-refractivity contribution in [3.63, 3.8) is 0 Å². The fourth-order valence-electron chi connectivity index (χ4n) is 3.12. The number of nitro groups is 1. The molecule has 8 nitrogen and oxygen atoms in total. The van der Waals surface area contributed by atoms with E-state index in [0.29, 0.717) is 27.0 Å². The second kappa shape index (κ2) is 10.1. The number of aryl methyl sites for hydroxylation is 2. The van der Waals surface area contributed by atoms with Gasteiger partial charge in [-0.25, -0.2) is 4.98 Å². The topological polar surface area (TPSA) is 110 Å². The lowest BCUT2D eigenvalue weighted by Crippen LogP contribution is -2.11. The van der Waals surface area contributed by atoms with Crippen molar-refractivity contribution in [2.75, 3.05) is 10.7 Å². The average molecular weight is 472 g/mol. The van der Waals surface area contributed by atoms with Crippen molar-refractivity contribution in [2.24, 2.45) is 5.10 Å². The number of amides is 1. The minimum absolute atomic E-state index is 0.0130. The maximum absolute atomic E-state index is 12.8. The third-order valence-corrected chi connectivity index (χ3v) is 5.82. The Balaban J connectivity index is 1.59. The van der Waals surface area contributed by atoms with E-state index in [9.17, 15) is 14.9 Å². The van der Waals surface area contributed by atoms with E-state index in [1.807, 2.05) is 50.2 Å². The quantitative estimate of drug-likeness (QED) is 0.194. The van der Waals surface area contributed by atoms with Crippen molar-refractivity contribution in [1.29, 1.82) is 0 Å². The molecule has 0 saturated heterocycles. The Morgan fingerprint density at radius 1 is 1.03 bits per heavy atom. The largest absolute Gasteiger partial charge is 0.312 e. The third kappa shape index (κ3) is 5.51. The molecule has 170 valence electrons. The maximum atomic E-state index is 12.8. The van der Waals surface area contributed by atoms with Crippen LogP contribution < -0.4 is 10.7 Å². The van der Waals surface area contributed by atoms with Crippen molar-refractivity contribution in [2.45, 2.75) is 13.8 Å². The van der Waals surface area contributed by atoms with E-state index < -0.39 is 4.92 Å². The second-order valence-corrected chi connectivity index (χ2v) is 8.60. The number of nitro benzene ring substituents is 1. The van der Waals surface area contributed by atoms with Crippen LogP contribution in [-0.2, 0) is 0 Å². The molecule has 1 amide bonds. The van der Waals surface area contributed by atoms with Gasteiger partial charge in [-0.15, -0.1) is 0 Å². The summed E-state index contributed by atoms with van der Waals surface area (Å²) in [6.07, 6.45) is 1.48. The van der Waals surface area contributed by atoms with Crippen LogP contribution >= 0.6 is 11.3 Å². The summed E-state index contributed by atoms with van der Waals surface area (Å²) in [5.41, 5.74) is 7.64. The van der Waals surface area contributed by atoms with Gasteiger partial charge in [-0.3, -0.25) is 20.3 Å². The van der Waals surface area contributed by atoms with E-state index in [4.69, 9.17) is 0 Å². The first kappa shape index (κ1) is 22.8. The van der Waals surface area contributed by atoms with E-state index >= 15 is 0 Å². The predicted octanol–water partition coefficient (Wildman–Crippen LogP) is 6.03. The van der Waals surface area contributed by atoms with Gasteiger partial charge in [0, 0.05) is 28.8 Å². The van der Waals surface area contributed by atoms with Crippen LogP contribution in [0.1, 0.15) is 27.0 Å². The molecule has 0 aliphatic carbocycles. The lowest BCUT2D eigenvalue weighted by Gasteiger charge is -2.06. The van der Waals surface area contributed by atoms with Crippen molar-refractivity contribution in [1.82, 2.24) is 4.98 Å². The van der Waals surface area contributed by atoms with Crippen LogP contribution in [-0.4, -0.2) is 22.0 Å². The molecule has 4 rings (SSSR count). The first-order valence-electron chi connectivity index (χ1n) is 10.4. The molecule has 0 radical (unpaired) electrons. The molecule has 4 aromatic rings. The molecule has 0 fully saturated rings. The van der Waals surface area contributed by atoms with Gasteiger partial charge < -0.3 is 5.32 Å². The second-order valence-electron chi connectivity index (χ2n) is 7.61. The summed E-state index contributed by atoms with van der Waals surface area (Å²) in [5, 5.41) is 19.1. The number of non-ortho nitro benzene ring substituents is 1. The molecule has 0 aliphatic rings. The van der Waals surface area contributed by atoms with Gasteiger partial charge in [-0.05, 0) is 26.0 Å². The number of hydrogen-bond donors (Lipinski definition) is 2. The summed E-state index contributed by atoms with van der Waals surface area (Å²) in [6.45, 7) is 3.97. The molecular weight excluding hydrogens is 450 g/mol. The highest BCUT2D eigenvalue weighted by Gasteiger charge is 2.16. The monoisotopic (exact) mass is 471 g/mol. The molecule has 0 atom stereocenters. The lowest BCUT2D eigenvalue weighted by molar-refractivity contribution is -0.384. The van der Waals surface area contributed by atoms with Crippen molar-refractivity contribution < 1.29 is 9.72 Å². The Morgan fingerprint density at radius 2 is 1.71 bits per heavy atom. The minimum atomic E-state index is -0.456. The molecule has 2 N–H and O–H groups in total. The van der Waals surface area contributed by atoms with Gasteiger partial charge in [-0.1, -0.05) is 71.0 Å². The van der Waals surface area contributed by atoms with Crippen molar-refractivity contribution >= 4 is 39.3 Å². The summed E-state index contributed by atoms with van der Waals surface area (Å²) in [7, 11) is 0. The molecule has 1 heterocycles. The molecule has 3 aromatic carbocycles. The van der Waals surface area contributed by atoms with E-state index in [1.54, 1.807) is 24.3 Å². The number of aromatic nitrogens is 1. The molecule has 0 unspecified atom stereocenters. The fraction of sp³-hybridized carbons (Fsp3) is 0.0800. The van der Waals surface area contributed by atoms with E-state index in [1.165, 1.54) is 29.7 Å². The summed E-state index contributed by atoms with van der Waals surface area (Å²) in [4.78, 5) is 27.9. The average Bonchev–Trinajstić information content (AvgIpc) is 3.22. The number of hydrazone groups is 1. The number of carbonyl (C=O) groups excluding carboxylic acids is 1. The number of nitrogens with one attached hydrogen (secondary N) is 2. The zero-order valence-corrected chi connectivity index (χ0v) is 19.3. The molecule has 0 bridgehead atoms. The normalized spacial score (nSPS) is 10.9. The van der Waals surface area contributed by atoms with Gasteiger partial charge >= 0.3 is 0 Å². The Bertz CT molecular complexity index is 1360. The number of hydrogen-bond acceptors (Lipinski definition) is 7. The van der Waals surface area contributed by atoms with Crippen LogP contribution in [0.15, 0.2) is 77.9 Å². The summed E-state index contributed by atoms with van der Waals surface area (Å²) in [5.74, 6) is -0.233. The number of carbonyl (C=O) groups is 1. The Morgan fingerprint density at radius 3 is 2.38 bits per heavy atom.